The third-order valence-electron chi connectivity index (χ3n) is 2.28. The van der Waals surface area contributed by atoms with E-state index in [-0.39, 0.29) is 5.97 Å². The Balaban J connectivity index is 3.40. The molecule has 0 bridgehead atoms. The topological polar surface area (TPSA) is 26.3 Å². The van der Waals surface area contributed by atoms with Crippen molar-refractivity contribution < 1.29 is 9.53 Å². The second-order valence-electron chi connectivity index (χ2n) is 4.03. The van der Waals surface area contributed by atoms with Crippen LogP contribution >= 0.6 is 0 Å². The molecule has 0 aromatic heterocycles. The Bertz CT molecular complexity index is 143. The monoisotopic (exact) mass is 200 g/mol. The molecule has 0 N–H and O–H groups in total. The van der Waals surface area contributed by atoms with Crippen molar-refractivity contribution in [1.29, 1.82) is 0 Å². The molecular formula is C12H24O2. The van der Waals surface area contributed by atoms with Gasteiger partial charge in [0.1, 0.15) is 0 Å². The van der Waals surface area contributed by atoms with Gasteiger partial charge in [-0.15, -0.1) is 0 Å². The van der Waals surface area contributed by atoms with Crippen molar-refractivity contribution >= 4 is 5.97 Å². The summed E-state index contributed by atoms with van der Waals surface area (Å²) in [5, 5.41) is 0. The Kier molecular flexibility index (Phi) is 8.70. The molecule has 0 heterocycles. The van der Waals surface area contributed by atoms with Crippen LogP contribution in [-0.4, -0.2) is 12.6 Å². The van der Waals surface area contributed by atoms with Gasteiger partial charge in [0.25, 0.3) is 0 Å². The molecule has 2 nitrogen and oxygen atoms in total. The first-order chi connectivity index (χ1) is 6.70. The summed E-state index contributed by atoms with van der Waals surface area (Å²) in [7, 11) is 0. The van der Waals surface area contributed by atoms with Crippen LogP contribution in [0.4, 0.5) is 0 Å². The SMILES string of the molecule is CCCCC[C@H](C)CC(=O)OCCC. The van der Waals surface area contributed by atoms with Gasteiger partial charge in [-0.3, -0.25) is 4.79 Å². The van der Waals surface area contributed by atoms with Crippen LogP contribution in [0.1, 0.15) is 59.3 Å². The van der Waals surface area contributed by atoms with Gasteiger partial charge in [-0.05, 0) is 12.3 Å². The molecule has 0 spiro atoms. The third-order valence-corrected chi connectivity index (χ3v) is 2.28. The molecule has 14 heavy (non-hydrogen) atoms. The molecule has 0 aliphatic carbocycles. The highest BCUT2D eigenvalue weighted by atomic mass is 16.5. The van der Waals surface area contributed by atoms with Gasteiger partial charge in [0, 0.05) is 6.42 Å². The first-order valence-corrected chi connectivity index (χ1v) is 5.86. The smallest absolute Gasteiger partial charge is 0.306 e. The summed E-state index contributed by atoms with van der Waals surface area (Å²) in [6.45, 7) is 6.90. The number of hydrogen-bond acceptors (Lipinski definition) is 2. The van der Waals surface area contributed by atoms with E-state index in [1.807, 2.05) is 6.92 Å². The predicted molar refractivity (Wildman–Crippen MR) is 59.2 cm³/mol. The fourth-order valence-electron chi connectivity index (χ4n) is 1.40. The number of unbranched alkanes of at least 4 members (excludes halogenated alkanes) is 2. The van der Waals surface area contributed by atoms with Gasteiger partial charge >= 0.3 is 5.97 Å². The van der Waals surface area contributed by atoms with E-state index in [1.165, 1.54) is 19.3 Å². The van der Waals surface area contributed by atoms with Crippen LogP contribution in [0.25, 0.3) is 0 Å². The summed E-state index contributed by atoms with van der Waals surface area (Å²) in [5.74, 6) is 0.446. The van der Waals surface area contributed by atoms with Gasteiger partial charge in [-0.2, -0.15) is 0 Å². The first kappa shape index (κ1) is 13.5. The lowest BCUT2D eigenvalue weighted by Crippen LogP contribution is -2.10. The molecule has 0 unspecified atom stereocenters. The molecule has 0 fully saturated rings. The van der Waals surface area contributed by atoms with E-state index >= 15 is 0 Å². The Morgan fingerprint density at radius 1 is 1.21 bits per heavy atom. The number of carbonyl (C=O) groups is 1. The molecular weight excluding hydrogens is 176 g/mol. The Hall–Kier alpha value is -0.530. The highest BCUT2D eigenvalue weighted by Crippen LogP contribution is 2.13. The largest absolute Gasteiger partial charge is 0.466 e. The van der Waals surface area contributed by atoms with Gasteiger partial charge in [0.05, 0.1) is 6.61 Å². The van der Waals surface area contributed by atoms with Crippen molar-refractivity contribution in [3.63, 3.8) is 0 Å². The molecule has 0 rings (SSSR count). The maximum atomic E-state index is 11.2. The number of rotatable bonds is 8. The average molecular weight is 200 g/mol. The molecule has 84 valence electrons. The fourth-order valence-corrected chi connectivity index (χ4v) is 1.40. The van der Waals surface area contributed by atoms with Crippen LogP contribution in [0.5, 0.6) is 0 Å². The Morgan fingerprint density at radius 2 is 1.93 bits per heavy atom. The lowest BCUT2D eigenvalue weighted by Gasteiger charge is -2.10. The number of carbonyl (C=O) groups excluding carboxylic acids is 1. The lowest BCUT2D eigenvalue weighted by atomic mass is 10.0. The van der Waals surface area contributed by atoms with Crippen molar-refractivity contribution in [3.8, 4) is 0 Å². The van der Waals surface area contributed by atoms with E-state index < -0.39 is 0 Å². The normalized spacial score (nSPS) is 12.5. The van der Waals surface area contributed by atoms with Crippen LogP contribution in [0.3, 0.4) is 0 Å². The quantitative estimate of drug-likeness (QED) is 0.442. The molecule has 0 aliphatic heterocycles. The minimum Gasteiger partial charge on any atom is -0.466 e. The molecule has 1 atom stereocenters. The zero-order chi connectivity index (χ0) is 10.8. The second kappa shape index (κ2) is 9.04. The lowest BCUT2D eigenvalue weighted by molar-refractivity contribution is -0.144. The van der Waals surface area contributed by atoms with Crippen LogP contribution in [0.2, 0.25) is 0 Å². The minimum absolute atomic E-state index is 0.0316. The van der Waals surface area contributed by atoms with Crippen LogP contribution in [-0.2, 0) is 9.53 Å². The summed E-state index contributed by atoms with van der Waals surface area (Å²) >= 11 is 0. The summed E-state index contributed by atoms with van der Waals surface area (Å²) < 4.78 is 5.03. The Morgan fingerprint density at radius 3 is 2.50 bits per heavy atom. The average Bonchev–Trinajstić information content (AvgIpc) is 2.15. The maximum absolute atomic E-state index is 11.2. The van der Waals surface area contributed by atoms with Gasteiger partial charge in [0.15, 0.2) is 0 Å². The number of ether oxygens (including phenoxy) is 1. The van der Waals surface area contributed by atoms with E-state index in [1.54, 1.807) is 0 Å². The molecule has 0 aliphatic rings. The summed E-state index contributed by atoms with van der Waals surface area (Å²) in [6.07, 6.45) is 6.40. The van der Waals surface area contributed by atoms with Crippen molar-refractivity contribution in [1.82, 2.24) is 0 Å². The van der Waals surface area contributed by atoms with Crippen LogP contribution < -0.4 is 0 Å². The number of esters is 1. The second-order valence-corrected chi connectivity index (χ2v) is 4.03. The van der Waals surface area contributed by atoms with E-state index in [2.05, 4.69) is 13.8 Å². The molecule has 0 amide bonds. The zero-order valence-corrected chi connectivity index (χ0v) is 9.84. The fraction of sp³-hybridized carbons (Fsp3) is 0.917. The highest BCUT2D eigenvalue weighted by Gasteiger charge is 2.09. The highest BCUT2D eigenvalue weighted by molar-refractivity contribution is 5.69. The molecule has 0 aromatic carbocycles. The van der Waals surface area contributed by atoms with Gasteiger partial charge < -0.3 is 4.74 Å². The standard InChI is InChI=1S/C12H24O2/c1-4-6-7-8-11(3)10-12(13)14-9-5-2/h11H,4-10H2,1-3H3/t11-/m0/s1. The third kappa shape index (κ3) is 8.09. The van der Waals surface area contributed by atoms with Crippen molar-refractivity contribution in [3.05, 3.63) is 0 Å². The molecule has 0 saturated heterocycles. The van der Waals surface area contributed by atoms with Gasteiger partial charge in [0.2, 0.25) is 0 Å². The number of hydrogen-bond donors (Lipinski definition) is 0. The van der Waals surface area contributed by atoms with E-state index in [0.717, 1.165) is 12.8 Å². The first-order valence-electron chi connectivity index (χ1n) is 5.86. The summed E-state index contributed by atoms with van der Waals surface area (Å²) in [4.78, 5) is 11.2. The molecule has 0 saturated carbocycles. The van der Waals surface area contributed by atoms with Crippen molar-refractivity contribution in [2.45, 2.75) is 59.3 Å². The Labute approximate surface area is 88.0 Å². The molecule has 2 heteroatoms. The van der Waals surface area contributed by atoms with Crippen molar-refractivity contribution in [2.75, 3.05) is 6.61 Å². The van der Waals surface area contributed by atoms with E-state index in [4.69, 9.17) is 4.74 Å². The van der Waals surface area contributed by atoms with Crippen molar-refractivity contribution in [2.24, 2.45) is 5.92 Å². The van der Waals surface area contributed by atoms with Crippen LogP contribution in [0.15, 0.2) is 0 Å². The molecule has 0 aromatic rings. The van der Waals surface area contributed by atoms with E-state index in [9.17, 15) is 4.79 Å². The van der Waals surface area contributed by atoms with Gasteiger partial charge in [-0.1, -0.05) is 46.5 Å². The van der Waals surface area contributed by atoms with E-state index in [0.29, 0.717) is 18.9 Å². The van der Waals surface area contributed by atoms with Crippen LogP contribution in [0, 0.1) is 5.92 Å². The predicted octanol–water partition coefficient (Wildman–Crippen LogP) is 3.55. The molecule has 0 radical (unpaired) electrons. The minimum atomic E-state index is -0.0316. The maximum Gasteiger partial charge on any atom is 0.306 e. The zero-order valence-electron chi connectivity index (χ0n) is 9.84. The van der Waals surface area contributed by atoms with Gasteiger partial charge in [-0.25, -0.2) is 0 Å². The summed E-state index contributed by atoms with van der Waals surface area (Å²) in [6, 6.07) is 0. The summed E-state index contributed by atoms with van der Waals surface area (Å²) in [5.41, 5.74) is 0.